The number of carbonyl (C=O) groups is 1. The van der Waals surface area contributed by atoms with Crippen molar-refractivity contribution in [1.82, 2.24) is 15.3 Å². The number of benzene rings is 3. The van der Waals surface area contributed by atoms with Crippen molar-refractivity contribution in [3.63, 3.8) is 0 Å². The number of fused-ring (bicyclic) bond motifs is 1. The molecule has 29 heavy (non-hydrogen) atoms. The fraction of sp³-hybridized carbons (Fsp3) is 0.0833. The van der Waals surface area contributed by atoms with Crippen molar-refractivity contribution >= 4 is 40.5 Å². The highest BCUT2D eigenvalue weighted by Crippen LogP contribution is 2.21. The number of aryl methyl sites for hydroxylation is 1. The number of hydrogen-bond acceptors (Lipinski definition) is 3. The predicted octanol–water partition coefficient (Wildman–Crippen LogP) is 5.52. The number of nitrogens with zero attached hydrogens (tertiary/aromatic N) is 1. The summed E-state index contributed by atoms with van der Waals surface area (Å²) in [6.45, 7) is 2.00. The predicted molar refractivity (Wildman–Crippen MR) is 121 cm³/mol. The van der Waals surface area contributed by atoms with Gasteiger partial charge in [-0.05, 0) is 61.2 Å². The topological polar surface area (TPSA) is 57.8 Å². The zero-order valence-corrected chi connectivity index (χ0v) is 17.1. The molecule has 0 aliphatic rings. The lowest BCUT2D eigenvalue weighted by molar-refractivity contribution is 0.0973. The highest BCUT2D eigenvalue weighted by molar-refractivity contribution is 7.98. The summed E-state index contributed by atoms with van der Waals surface area (Å²) in [5.41, 5.74) is 5.12. The van der Waals surface area contributed by atoms with Crippen molar-refractivity contribution in [2.75, 3.05) is 6.26 Å². The van der Waals surface area contributed by atoms with Crippen LogP contribution in [-0.2, 0) is 0 Å². The molecule has 144 valence electrons. The Morgan fingerprint density at radius 2 is 1.72 bits per heavy atom. The number of amides is 1. The Hall–Kier alpha value is -3.31. The second-order valence-electron chi connectivity index (χ2n) is 6.75. The number of nitrogens with one attached hydrogen (secondary N) is 2. The first kappa shape index (κ1) is 19.0. The van der Waals surface area contributed by atoms with Gasteiger partial charge in [-0.1, -0.05) is 42.0 Å². The third-order valence-electron chi connectivity index (χ3n) is 4.63. The molecule has 0 atom stereocenters. The maximum atomic E-state index is 12.8. The number of para-hydroxylation sites is 2. The van der Waals surface area contributed by atoms with E-state index in [4.69, 9.17) is 0 Å². The molecule has 0 saturated heterocycles. The van der Waals surface area contributed by atoms with Gasteiger partial charge in [0.2, 0.25) is 0 Å². The molecule has 0 aliphatic heterocycles. The Kier molecular flexibility index (Phi) is 5.49. The van der Waals surface area contributed by atoms with Crippen LogP contribution in [0.5, 0.6) is 0 Å². The molecule has 4 aromatic rings. The first-order valence-electron chi connectivity index (χ1n) is 9.31. The molecular weight excluding hydrogens is 378 g/mol. The van der Waals surface area contributed by atoms with E-state index >= 15 is 0 Å². The summed E-state index contributed by atoms with van der Waals surface area (Å²) in [5.74, 6) is 0.457. The van der Waals surface area contributed by atoms with Gasteiger partial charge >= 0.3 is 0 Å². The lowest BCUT2D eigenvalue weighted by atomic mass is 10.1. The van der Waals surface area contributed by atoms with Gasteiger partial charge < -0.3 is 10.3 Å². The third-order valence-corrected chi connectivity index (χ3v) is 5.38. The van der Waals surface area contributed by atoms with E-state index in [2.05, 4.69) is 27.4 Å². The maximum absolute atomic E-state index is 12.8. The average molecular weight is 400 g/mol. The number of hydrogen-bond donors (Lipinski definition) is 2. The van der Waals surface area contributed by atoms with Crippen molar-refractivity contribution in [2.45, 2.75) is 11.8 Å². The molecule has 0 saturated carbocycles. The zero-order valence-electron chi connectivity index (χ0n) is 16.3. The van der Waals surface area contributed by atoms with E-state index in [1.807, 2.05) is 79.9 Å². The van der Waals surface area contributed by atoms with Crippen LogP contribution in [0.2, 0.25) is 0 Å². The van der Waals surface area contributed by atoms with Gasteiger partial charge in [-0.2, -0.15) is 0 Å². The molecule has 0 aliphatic carbocycles. The minimum Gasteiger partial charge on any atom is -0.337 e. The first-order chi connectivity index (χ1) is 14.1. The molecule has 1 heterocycles. The van der Waals surface area contributed by atoms with Crippen molar-refractivity contribution in [1.29, 1.82) is 0 Å². The summed E-state index contributed by atoms with van der Waals surface area (Å²) in [6, 6.07) is 23.5. The summed E-state index contributed by atoms with van der Waals surface area (Å²) in [4.78, 5) is 22.0. The normalized spacial score (nSPS) is 11.6. The summed E-state index contributed by atoms with van der Waals surface area (Å²) in [5, 5.41) is 3.03. The van der Waals surface area contributed by atoms with Crippen LogP contribution in [0, 0.1) is 6.92 Å². The van der Waals surface area contributed by atoms with Crippen molar-refractivity contribution < 1.29 is 4.79 Å². The van der Waals surface area contributed by atoms with Crippen LogP contribution >= 0.6 is 11.8 Å². The Morgan fingerprint density at radius 3 is 2.41 bits per heavy atom. The fourth-order valence-electron chi connectivity index (χ4n) is 3.01. The van der Waals surface area contributed by atoms with Crippen molar-refractivity contribution in [3.05, 3.63) is 95.3 Å². The molecule has 3 aromatic carbocycles. The number of aromatic amines is 1. The largest absolute Gasteiger partial charge is 0.337 e. The van der Waals surface area contributed by atoms with Crippen LogP contribution in [0.3, 0.4) is 0 Å². The Bertz CT molecular complexity index is 1140. The highest BCUT2D eigenvalue weighted by Gasteiger charge is 2.13. The van der Waals surface area contributed by atoms with Crippen LogP contribution in [0.25, 0.3) is 22.8 Å². The Balaban J connectivity index is 1.72. The Labute approximate surface area is 174 Å². The van der Waals surface area contributed by atoms with Crippen LogP contribution in [0.4, 0.5) is 0 Å². The molecule has 1 amide bonds. The van der Waals surface area contributed by atoms with Crippen LogP contribution in [0.15, 0.2) is 77.7 Å². The maximum Gasteiger partial charge on any atom is 0.255 e. The summed E-state index contributed by atoms with van der Waals surface area (Å²) < 4.78 is 0. The second-order valence-corrected chi connectivity index (χ2v) is 7.63. The lowest BCUT2D eigenvalue weighted by Crippen LogP contribution is -2.22. The van der Waals surface area contributed by atoms with Gasteiger partial charge in [-0.15, -0.1) is 11.8 Å². The van der Waals surface area contributed by atoms with Crippen molar-refractivity contribution in [3.8, 4) is 0 Å². The fourth-order valence-corrected chi connectivity index (χ4v) is 3.42. The number of carbonyl (C=O) groups excluding carboxylic acids is 1. The molecule has 4 nitrogen and oxygen atoms in total. The van der Waals surface area contributed by atoms with E-state index in [9.17, 15) is 4.79 Å². The summed E-state index contributed by atoms with van der Waals surface area (Å²) in [6.07, 6.45) is 3.99. The first-order valence-corrected chi connectivity index (χ1v) is 10.5. The van der Waals surface area contributed by atoms with E-state index in [1.54, 1.807) is 11.8 Å². The van der Waals surface area contributed by atoms with Crippen LogP contribution in [-0.4, -0.2) is 22.1 Å². The van der Waals surface area contributed by atoms with E-state index in [0.29, 0.717) is 17.1 Å². The average Bonchev–Trinajstić information content (AvgIpc) is 3.18. The summed E-state index contributed by atoms with van der Waals surface area (Å²) in [7, 11) is 0. The van der Waals surface area contributed by atoms with Gasteiger partial charge in [0.15, 0.2) is 5.82 Å². The molecular formula is C24H21N3OS. The zero-order chi connectivity index (χ0) is 20.2. The van der Waals surface area contributed by atoms with Crippen molar-refractivity contribution in [2.24, 2.45) is 0 Å². The second kappa shape index (κ2) is 8.37. The molecule has 5 heteroatoms. The van der Waals surface area contributed by atoms with Gasteiger partial charge in [-0.25, -0.2) is 4.98 Å². The van der Waals surface area contributed by atoms with Gasteiger partial charge in [0.25, 0.3) is 5.91 Å². The smallest absolute Gasteiger partial charge is 0.255 e. The van der Waals surface area contributed by atoms with Gasteiger partial charge in [0, 0.05) is 10.5 Å². The monoisotopic (exact) mass is 399 g/mol. The van der Waals surface area contributed by atoms with Crippen LogP contribution in [0.1, 0.15) is 27.3 Å². The quantitative estimate of drug-likeness (QED) is 0.434. The number of H-pyrrole nitrogens is 1. The van der Waals surface area contributed by atoms with Gasteiger partial charge in [0.05, 0.1) is 16.7 Å². The molecule has 0 radical (unpaired) electrons. The molecule has 0 fully saturated rings. The molecule has 4 rings (SSSR count). The van der Waals surface area contributed by atoms with E-state index in [-0.39, 0.29) is 5.91 Å². The highest BCUT2D eigenvalue weighted by atomic mass is 32.2. The van der Waals surface area contributed by atoms with Gasteiger partial charge in [-0.3, -0.25) is 4.79 Å². The number of imidazole rings is 1. The molecule has 0 spiro atoms. The SMILES string of the molecule is CSc1ccc(C=C(NC(=O)c2ccc(C)cc2)c2nc3ccccc3[nH]2)cc1. The minimum absolute atomic E-state index is 0.169. The van der Waals surface area contributed by atoms with E-state index < -0.39 is 0 Å². The lowest BCUT2D eigenvalue weighted by Gasteiger charge is -2.09. The molecule has 0 bridgehead atoms. The minimum atomic E-state index is -0.169. The molecule has 2 N–H and O–H groups in total. The number of rotatable bonds is 5. The standard InChI is InChI=1S/C24H21N3OS/c1-16-7-11-18(12-8-16)24(28)27-22(15-17-9-13-19(29-2)14-10-17)23-25-20-5-3-4-6-21(20)26-23/h3-15H,1-2H3,(H,25,26)(H,27,28). The van der Waals surface area contributed by atoms with E-state index in [1.165, 1.54) is 4.90 Å². The number of aromatic nitrogens is 2. The van der Waals surface area contributed by atoms with E-state index in [0.717, 1.165) is 22.2 Å². The Morgan fingerprint density at radius 1 is 1.00 bits per heavy atom. The molecule has 0 unspecified atom stereocenters. The number of thioether (sulfide) groups is 1. The van der Waals surface area contributed by atoms with Gasteiger partial charge in [0.1, 0.15) is 0 Å². The third kappa shape index (κ3) is 4.41. The van der Waals surface area contributed by atoms with Crippen LogP contribution < -0.4 is 5.32 Å². The molecule has 1 aromatic heterocycles. The summed E-state index contributed by atoms with van der Waals surface area (Å²) >= 11 is 1.70.